The quantitative estimate of drug-likeness (QED) is 0.481. The van der Waals surface area contributed by atoms with Crippen molar-refractivity contribution in [2.75, 3.05) is 13.2 Å². The number of hydrogen-bond acceptors (Lipinski definition) is 5. The Balaban J connectivity index is 2.13. The van der Waals surface area contributed by atoms with Gasteiger partial charge in [0.15, 0.2) is 0 Å². The van der Waals surface area contributed by atoms with Crippen molar-refractivity contribution >= 4 is 38.4 Å². The molecule has 0 saturated carbocycles. The number of nitrogens with two attached hydrogens (primary N) is 1. The number of carbonyl (C=O) groups is 1. The number of fused-ring (bicyclic) bond motifs is 1. The van der Waals surface area contributed by atoms with Gasteiger partial charge in [-0.25, -0.2) is 0 Å². The monoisotopic (exact) mass is 342 g/mol. The Labute approximate surface area is 121 Å². The van der Waals surface area contributed by atoms with Crippen LogP contribution in [0.2, 0.25) is 0 Å². The molecule has 20 heavy (non-hydrogen) atoms. The van der Waals surface area contributed by atoms with Crippen molar-refractivity contribution < 1.29 is 14.5 Å². The smallest absolute Gasteiger partial charge is 0.284 e. The average molecular weight is 343 g/mol. The largest absolute Gasteiger partial charge is 0.370 e. The minimum Gasteiger partial charge on any atom is -0.370 e. The summed E-state index contributed by atoms with van der Waals surface area (Å²) >= 11 is 3.14. The summed E-state index contributed by atoms with van der Waals surface area (Å²) in [6.45, 7) is 0.561. The average Bonchev–Trinajstić information content (AvgIpc) is 2.74. The molecule has 0 saturated heterocycles. The van der Waals surface area contributed by atoms with Crippen LogP contribution in [0.3, 0.4) is 0 Å². The number of benzene rings is 1. The van der Waals surface area contributed by atoms with Crippen molar-refractivity contribution in [2.45, 2.75) is 6.54 Å². The number of carbonyl (C=O) groups excluding carboxylic acids is 1. The van der Waals surface area contributed by atoms with Crippen LogP contribution in [-0.2, 0) is 16.1 Å². The molecule has 1 heterocycles. The molecule has 2 N–H and O–H groups in total. The highest BCUT2D eigenvalue weighted by Crippen LogP contribution is 2.29. The van der Waals surface area contributed by atoms with Gasteiger partial charge in [0, 0.05) is 17.6 Å². The number of nitrogens with zero attached hydrogens (tertiary/aromatic N) is 3. The molecule has 1 amide bonds. The Morgan fingerprint density at radius 1 is 1.55 bits per heavy atom. The van der Waals surface area contributed by atoms with Gasteiger partial charge in [-0.15, -0.1) is 0 Å². The fourth-order valence-corrected chi connectivity index (χ4v) is 2.15. The van der Waals surface area contributed by atoms with Gasteiger partial charge in [-0.2, -0.15) is 5.10 Å². The third-order valence-electron chi connectivity index (χ3n) is 2.53. The molecule has 0 aliphatic carbocycles. The highest BCUT2D eigenvalue weighted by Gasteiger charge is 2.14. The van der Waals surface area contributed by atoms with Crippen LogP contribution in [0.5, 0.6) is 0 Å². The number of hydrogen-bond donors (Lipinski definition) is 1. The molecule has 0 bridgehead atoms. The first kappa shape index (κ1) is 14.4. The lowest BCUT2D eigenvalue weighted by Gasteiger charge is -2.01. The first-order valence-corrected chi connectivity index (χ1v) is 6.44. The van der Waals surface area contributed by atoms with Gasteiger partial charge in [0.25, 0.3) is 5.69 Å². The van der Waals surface area contributed by atoms with Gasteiger partial charge in [0.1, 0.15) is 6.61 Å². The van der Waals surface area contributed by atoms with Crippen LogP contribution in [0.25, 0.3) is 10.9 Å². The normalized spacial score (nSPS) is 10.8. The van der Waals surface area contributed by atoms with E-state index in [0.717, 1.165) is 0 Å². The van der Waals surface area contributed by atoms with Gasteiger partial charge in [0.2, 0.25) is 5.91 Å². The molecule has 0 atom stereocenters. The van der Waals surface area contributed by atoms with E-state index in [1.54, 1.807) is 16.9 Å². The third-order valence-corrected chi connectivity index (χ3v) is 3.16. The van der Waals surface area contributed by atoms with E-state index in [4.69, 9.17) is 10.5 Å². The summed E-state index contributed by atoms with van der Waals surface area (Å²) in [5.74, 6) is -0.532. The second-order valence-electron chi connectivity index (χ2n) is 4.03. The first-order chi connectivity index (χ1) is 9.47. The molecule has 2 rings (SSSR count). The summed E-state index contributed by atoms with van der Waals surface area (Å²) in [6, 6.07) is 3.04. The maximum atomic E-state index is 10.8. The number of primary amides is 1. The van der Waals surface area contributed by atoms with E-state index in [0.29, 0.717) is 21.9 Å². The van der Waals surface area contributed by atoms with Gasteiger partial charge < -0.3 is 10.5 Å². The number of aromatic nitrogens is 2. The zero-order valence-electron chi connectivity index (χ0n) is 10.3. The topological polar surface area (TPSA) is 113 Å². The van der Waals surface area contributed by atoms with E-state index >= 15 is 0 Å². The predicted molar refractivity (Wildman–Crippen MR) is 74.1 cm³/mol. The molecule has 0 spiro atoms. The number of rotatable bonds is 6. The molecule has 0 radical (unpaired) electrons. The molecule has 9 heteroatoms. The van der Waals surface area contributed by atoms with Gasteiger partial charge in [0.05, 0.1) is 28.1 Å². The first-order valence-electron chi connectivity index (χ1n) is 5.64. The second kappa shape index (κ2) is 5.97. The highest BCUT2D eigenvalue weighted by atomic mass is 79.9. The van der Waals surface area contributed by atoms with Gasteiger partial charge in [-0.05, 0) is 22.0 Å². The minimum absolute atomic E-state index is 0.0120. The van der Waals surface area contributed by atoms with Crippen molar-refractivity contribution in [3.63, 3.8) is 0 Å². The molecule has 1 aromatic heterocycles. The SMILES string of the molecule is NC(=O)COCCn1cc2cc([N+](=O)[O-])c(Br)cc2n1. The fraction of sp³-hybridized carbons (Fsp3) is 0.273. The molecule has 0 aliphatic rings. The van der Waals surface area contributed by atoms with E-state index < -0.39 is 10.8 Å². The Morgan fingerprint density at radius 3 is 2.95 bits per heavy atom. The Kier molecular flexibility index (Phi) is 4.30. The van der Waals surface area contributed by atoms with E-state index in [1.165, 1.54) is 6.07 Å². The lowest BCUT2D eigenvalue weighted by Crippen LogP contribution is -2.19. The molecular weight excluding hydrogens is 332 g/mol. The summed E-state index contributed by atoms with van der Waals surface area (Å²) in [5.41, 5.74) is 5.56. The van der Waals surface area contributed by atoms with Crippen LogP contribution in [0.1, 0.15) is 0 Å². The highest BCUT2D eigenvalue weighted by molar-refractivity contribution is 9.10. The third kappa shape index (κ3) is 3.31. The summed E-state index contributed by atoms with van der Waals surface area (Å²) in [7, 11) is 0. The van der Waals surface area contributed by atoms with E-state index in [1.807, 2.05) is 0 Å². The molecule has 8 nitrogen and oxygen atoms in total. The molecule has 1 aromatic carbocycles. The lowest BCUT2D eigenvalue weighted by atomic mass is 10.2. The number of ether oxygens (including phenoxy) is 1. The van der Waals surface area contributed by atoms with Crippen LogP contribution < -0.4 is 5.73 Å². The van der Waals surface area contributed by atoms with E-state index in [-0.39, 0.29) is 18.9 Å². The number of nitro groups is 1. The van der Waals surface area contributed by atoms with Crippen LogP contribution in [0.15, 0.2) is 22.8 Å². The van der Waals surface area contributed by atoms with Crippen molar-refractivity contribution in [1.82, 2.24) is 9.78 Å². The van der Waals surface area contributed by atoms with Crippen LogP contribution in [-0.4, -0.2) is 33.8 Å². The maximum Gasteiger partial charge on any atom is 0.284 e. The van der Waals surface area contributed by atoms with Crippen molar-refractivity contribution in [1.29, 1.82) is 0 Å². The van der Waals surface area contributed by atoms with E-state index in [2.05, 4.69) is 21.0 Å². The Hall–Kier alpha value is -2.00. The van der Waals surface area contributed by atoms with E-state index in [9.17, 15) is 14.9 Å². The van der Waals surface area contributed by atoms with Gasteiger partial charge in [-0.1, -0.05) is 0 Å². The second-order valence-corrected chi connectivity index (χ2v) is 4.88. The van der Waals surface area contributed by atoms with Gasteiger partial charge >= 0.3 is 0 Å². The van der Waals surface area contributed by atoms with Crippen molar-refractivity contribution in [2.24, 2.45) is 5.73 Å². The summed E-state index contributed by atoms with van der Waals surface area (Å²) < 4.78 is 7.01. The minimum atomic E-state index is -0.532. The Morgan fingerprint density at radius 2 is 2.30 bits per heavy atom. The number of amides is 1. The molecule has 0 fully saturated rings. The number of halogens is 1. The number of nitro benzene ring substituents is 1. The van der Waals surface area contributed by atoms with Crippen LogP contribution >= 0.6 is 15.9 Å². The fourth-order valence-electron chi connectivity index (χ4n) is 1.67. The molecule has 2 aromatic rings. The molecular formula is C11H11BrN4O4. The zero-order valence-corrected chi connectivity index (χ0v) is 11.9. The molecule has 0 aliphatic heterocycles. The van der Waals surface area contributed by atoms with Crippen molar-refractivity contribution in [3.05, 3.63) is 32.9 Å². The lowest BCUT2D eigenvalue weighted by molar-refractivity contribution is -0.385. The van der Waals surface area contributed by atoms with Crippen molar-refractivity contribution in [3.8, 4) is 0 Å². The van der Waals surface area contributed by atoms with Gasteiger partial charge in [-0.3, -0.25) is 19.6 Å². The van der Waals surface area contributed by atoms with Crippen LogP contribution in [0, 0.1) is 10.1 Å². The zero-order chi connectivity index (χ0) is 14.7. The maximum absolute atomic E-state index is 10.8. The molecule has 0 unspecified atom stereocenters. The van der Waals surface area contributed by atoms with Crippen LogP contribution in [0.4, 0.5) is 5.69 Å². The Bertz CT molecular complexity index is 670. The summed E-state index contributed by atoms with van der Waals surface area (Å²) in [5, 5.41) is 15.8. The summed E-state index contributed by atoms with van der Waals surface area (Å²) in [4.78, 5) is 20.9. The summed E-state index contributed by atoms with van der Waals surface area (Å²) in [6.07, 6.45) is 1.68. The standard InChI is InChI=1S/C11H11BrN4O4/c12-8-4-9-7(3-10(8)16(18)19)5-15(14-9)1-2-20-6-11(13)17/h3-5H,1-2,6H2,(H2,13,17). The molecule has 106 valence electrons. The predicted octanol–water partition coefficient (Wildman–Crippen LogP) is 1.21.